The largest absolute Gasteiger partial charge is 0.493 e. The van der Waals surface area contributed by atoms with Crippen molar-refractivity contribution in [3.63, 3.8) is 0 Å². The summed E-state index contributed by atoms with van der Waals surface area (Å²) in [6.45, 7) is 0. The van der Waals surface area contributed by atoms with Crippen molar-refractivity contribution in [3.05, 3.63) is 58.8 Å². The van der Waals surface area contributed by atoms with Gasteiger partial charge in [0.2, 0.25) is 5.75 Å². The van der Waals surface area contributed by atoms with Gasteiger partial charge >= 0.3 is 0 Å². The summed E-state index contributed by atoms with van der Waals surface area (Å²) in [6, 6.07) is 8.77. The lowest BCUT2D eigenvalue weighted by Gasteiger charge is -2.15. The monoisotopic (exact) mass is 366 g/mol. The van der Waals surface area contributed by atoms with Gasteiger partial charge < -0.3 is 14.2 Å². The SMILES string of the molecule is COc1ccc(CS(=O)(=O)/C=C/c2ccc(F)cc2)c(OC)c1OC. The molecule has 0 atom stereocenters. The predicted octanol–water partition coefficient (Wildman–Crippen LogP) is 3.44. The van der Waals surface area contributed by atoms with E-state index >= 15 is 0 Å². The number of halogens is 1. The molecule has 0 aliphatic heterocycles. The molecule has 25 heavy (non-hydrogen) atoms. The van der Waals surface area contributed by atoms with Crippen LogP contribution in [0, 0.1) is 5.82 Å². The summed E-state index contributed by atoms with van der Waals surface area (Å²) in [4.78, 5) is 0. The third-order valence-corrected chi connectivity index (χ3v) is 4.74. The third kappa shape index (κ3) is 4.73. The number of hydrogen-bond donors (Lipinski definition) is 0. The van der Waals surface area contributed by atoms with Gasteiger partial charge in [0, 0.05) is 11.0 Å². The van der Waals surface area contributed by atoms with Gasteiger partial charge in [0.1, 0.15) is 5.82 Å². The van der Waals surface area contributed by atoms with Gasteiger partial charge in [-0.05, 0) is 29.8 Å². The first-order valence-corrected chi connectivity index (χ1v) is 9.06. The molecule has 0 unspecified atom stereocenters. The Balaban J connectivity index is 2.29. The topological polar surface area (TPSA) is 61.8 Å². The fourth-order valence-electron chi connectivity index (χ4n) is 2.30. The highest BCUT2D eigenvalue weighted by atomic mass is 32.2. The van der Waals surface area contributed by atoms with E-state index in [0.29, 0.717) is 28.4 Å². The number of ether oxygens (including phenoxy) is 3. The Bertz CT molecular complexity index is 858. The van der Waals surface area contributed by atoms with Crippen molar-refractivity contribution in [1.82, 2.24) is 0 Å². The smallest absolute Gasteiger partial charge is 0.203 e. The summed E-state index contributed by atoms with van der Waals surface area (Å²) in [6.07, 6.45) is 1.42. The highest BCUT2D eigenvalue weighted by Gasteiger charge is 2.19. The Morgan fingerprint density at radius 3 is 2.12 bits per heavy atom. The lowest BCUT2D eigenvalue weighted by Crippen LogP contribution is -2.04. The molecule has 0 aromatic heterocycles. The first-order chi connectivity index (χ1) is 11.9. The van der Waals surface area contributed by atoms with Gasteiger partial charge in [-0.1, -0.05) is 18.2 Å². The second-order valence-corrected chi connectivity index (χ2v) is 7.04. The molecule has 5 nitrogen and oxygen atoms in total. The maximum absolute atomic E-state index is 12.9. The van der Waals surface area contributed by atoms with Crippen molar-refractivity contribution in [2.45, 2.75) is 5.75 Å². The van der Waals surface area contributed by atoms with Crippen molar-refractivity contribution >= 4 is 15.9 Å². The van der Waals surface area contributed by atoms with E-state index in [0.717, 1.165) is 5.41 Å². The summed E-state index contributed by atoms with van der Waals surface area (Å²) in [7, 11) is 0.798. The molecule has 0 fully saturated rings. The standard InChI is InChI=1S/C18H19FO5S/c1-22-16-9-6-14(17(23-2)18(16)24-3)12-25(20,21)11-10-13-4-7-15(19)8-5-13/h4-11H,12H2,1-3H3/b11-10+. The van der Waals surface area contributed by atoms with Crippen LogP contribution in [0.3, 0.4) is 0 Å². The number of methoxy groups -OCH3 is 3. The van der Waals surface area contributed by atoms with Gasteiger partial charge in [0.15, 0.2) is 21.3 Å². The van der Waals surface area contributed by atoms with Crippen molar-refractivity contribution in [2.24, 2.45) is 0 Å². The molecule has 0 radical (unpaired) electrons. The molecule has 2 aromatic rings. The molecular formula is C18H19FO5S. The normalized spacial score (nSPS) is 11.5. The van der Waals surface area contributed by atoms with Crippen LogP contribution < -0.4 is 14.2 Å². The van der Waals surface area contributed by atoms with Gasteiger partial charge in [-0.25, -0.2) is 12.8 Å². The van der Waals surface area contributed by atoms with Crippen LogP contribution in [0.15, 0.2) is 41.8 Å². The molecule has 0 N–H and O–H groups in total. The Kier molecular flexibility index (Phi) is 6.03. The van der Waals surface area contributed by atoms with E-state index in [1.54, 1.807) is 12.1 Å². The zero-order valence-electron chi connectivity index (χ0n) is 14.2. The van der Waals surface area contributed by atoms with E-state index in [1.807, 2.05) is 0 Å². The van der Waals surface area contributed by atoms with E-state index in [4.69, 9.17) is 14.2 Å². The molecule has 7 heteroatoms. The fourth-order valence-corrected chi connectivity index (χ4v) is 3.42. The summed E-state index contributed by atoms with van der Waals surface area (Å²) in [5, 5.41) is 1.09. The summed E-state index contributed by atoms with van der Waals surface area (Å²) >= 11 is 0. The van der Waals surface area contributed by atoms with Crippen LogP contribution >= 0.6 is 0 Å². The second kappa shape index (κ2) is 8.02. The summed E-state index contributed by atoms with van der Waals surface area (Å²) in [5.74, 6) is 0.437. The minimum Gasteiger partial charge on any atom is -0.493 e. The molecule has 0 saturated heterocycles. The molecule has 0 spiro atoms. The molecule has 0 aliphatic carbocycles. The van der Waals surface area contributed by atoms with Crippen LogP contribution in [0.25, 0.3) is 6.08 Å². The van der Waals surface area contributed by atoms with Gasteiger partial charge in [0.25, 0.3) is 0 Å². The van der Waals surface area contributed by atoms with E-state index in [-0.39, 0.29) is 11.6 Å². The minimum absolute atomic E-state index is 0.270. The lowest BCUT2D eigenvalue weighted by molar-refractivity contribution is 0.323. The van der Waals surface area contributed by atoms with Crippen molar-refractivity contribution < 1.29 is 27.0 Å². The highest BCUT2D eigenvalue weighted by Crippen LogP contribution is 2.40. The molecule has 0 bridgehead atoms. The maximum Gasteiger partial charge on any atom is 0.203 e. The Morgan fingerprint density at radius 2 is 1.56 bits per heavy atom. The average molecular weight is 366 g/mol. The molecule has 0 saturated carbocycles. The van der Waals surface area contributed by atoms with Gasteiger partial charge in [0.05, 0.1) is 27.1 Å². The van der Waals surface area contributed by atoms with Crippen molar-refractivity contribution in [1.29, 1.82) is 0 Å². The van der Waals surface area contributed by atoms with Crippen LogP contribution in [0.2, 0.25) is 0 Å². The van der Waals surface area contributed by atoms with Crippen LogP contribution in [-0.4, -0.2) is 29.7 Å². The van der Waals surface area contributed by atoms with Crippen LogP contribution in [0.1, 0.15) is 11.1 Å². The van der Waals surface area contributed by atoms with Crippen LogP contribution in [-0.2, 0) is 15.6 Å². The summed E-state index contributed by atoms with van der Waals surface area (Å²) in [5.41, 5.74) is 1.04. The third-order valence-electron chi connectivity index (χ3n) is 3.48. The Labute approximate surface area is 146 Å². The molecular weight excluding hydrogens is 347 g/mol. The van der Waals surface area contributed by atoms with Gasteiger partial charge in [-0.3, -0.25) is 0 Å². The van der Waals surface area contributed by atoms with Crippen molar-refractivity contribution in [2.75, 3.05) is 21.3 Å². The average Bonchev–Trinajstić information content (AvgIpc) is 2.60. The maximum atomic E-state index is 12.9. The fraction of sp³-hybridized carbons (Fsp3) is 0.222. The lowest BCUT2D eigenvalue weighted by atomic mass is 10.2. The first kappa shape index (κ1) is 18.8. The van der Waals surface area contributed by atoms with E-state index in [9.17, 15) is 12.8 Å². The van der Waals surface area contributed by atoms with Crippen molar-refractivity contribution in [3.8, 4) is 17.2 Å². The molecule has 2 rings (SSSR count). The van der Waals surface area contributed by atoms with Gasteiger partial charge in [-0.15, -0.1) is 0 Å². The Hall–Kier alpha value is -2.54. The molecule has 2 aromatic carbocycles. The van der Waals surface area contributed by atoms with Crippen LogP contribution in [0.4, 0.5) is 4.39 Å². The Morgan fingerprint density at radius 1 is 0.920 bits per heavy atom. The zero-order valence-corrected chi connectivity index (χ0v) is 15.0. The predicted molar refractivity (Wildman–Crippen MR) is 94.2 cm³/mol. The quantitative estimate of drug-likeness (QED) is 0.751. The number of benzene rings is 2. The number of hydrogen-bond acceptors (Lipinski definition) is 5. The molecule has 134 valence electrons. The summed E-state index contributed by atoms with van der Waals surface area (Å²) < 4.78 is 53.4. The van der Waals surface area contributed by atoms with E-state index in [1.165, 1.54) is 51.7 Å². The molecule has 0 heterocycles. The van der Waals surface area contributed by atoms with E-state index in [2.05, 4.69) is 0 Å². The molecule has 0 aliphatic rings. The van der Waals surface area contributed by atoms with Gasteiger partial charge in [-0.2, -0.15) is 0 Å². The van der Waals surface area contributed by atoms with Crippen LogP contribution in [0.5, 0.6) is 17.2 Å². The number of rotatable bonds is 7. The molecule has 0 amide bonds. The second-order valence-electron chi connectivity index (χ2n) is 5.15. The number of sulfone groups is 1. The zero-order chi connectivity index (χ0) is 18.4. The van der Waals surface area contributed by atoms with E-state index < -0.39 is 9.84 Å². The minimum atomic E-state index is -3.57. The highest BCUT2D eigenvalue weighted by molar-refractivity contribution is 7.93. The first-order valence-electron chi connectivity index (χ1n) is 7.34.